The molecule has 11 heteroatoms. The molecule has 4 rings (SSSR count). The molecule has 0 radical (unpaired) electrons. The minimum Gasteiger partial charge on any atom is -0.508 e. The number of benzene rings is 2. The first-order valence-electron chi connectivity index (χ1n) is 9.21. The van der Waals surface area contributed by atoms with E-state index in [-0.39, 0.29) is 22.6 Å². The highest BCUT2D eigenvalue weighted by atomic mass is 16.7. The van der Waals surface area contributed by atoms with Gasteiger partial charge in [0.2, 0.25) is 5.78 Å². The Labute approximate surface area is 174 Å². The largest absolute Gasteiger partial charge is 0.508 e. The van der Waals surface area contributed by atoms with Gasteiger partial charge < -0.3 is 50.0 Å². The fraction of sp³-hybridized carbons (Fsp3) is 0.350. The van der Waals surface area contributed by atoms with Crippen LogP contribution >= 0.6 is 0 Å². The molecule has 0 amide bonds. The first kappa shape index (κ1) is 21.2. The molecule has 2 aliphatic rings. The van der Waals surface area contributed by atoms with E-state index < -0.39 is 66.4 Å². The normalized spacial score (nSPS) is 30.1. The summed E-state index contributed by atoms with van der Waals surface area (Å²) in [5.74, 6) is -2.78. The van der Waals surface area contributed by atoms with E-state index in [4.69, 9.17) is 14.2 Å². The van der Waals surface area contributed by atoms with E-state index in [9.17, 15) is 40.5 Å². The van der Waals surface area contributed by atoms with Gasteiger partial charge in [-0.1, -0.05) is 6.07 Å². The van der Waals surface area contributed by atoms with E-state index in [1.807, 2.05) is 0 Å². The molecule has 0 bridgehead atoms. The zero-order valence-corrected chi connectivity index (χ0v) is 15.9. The summed E-state index contributed by atoms with van der Waals surface area (Å²) >= 11 is 0. The lowest BCUT2D eigenvalue weighted by Crippen LogP contribution is -2.49. The summed E-state index contributed by atoms with van der Waals surface area (Å²) < 4.78 is 16.6. The summed E-state index contributed by atoms with van der Waals surface area (Å²) in [5, 5.41) is 69.1. The first-order chi connectivity index (χ1) is 14.6. The Morgan fingerprint density at radius 1 is 1.06 bits per heavy atom. The highest BCUT2D eigenvalue weighted by Crippen LogP contribution is 2.44. The van der Waals surface area contributed by atoms with Gasteiger partial charge in [0.25, 0.3) is 0 Å². The van der Waals surface area contributed by atoms with Crippen LogP contribution in [0.5, 0.6) is 28.7 Å². The Hall–Kier alpha value is -3.09. The molecule has 0 unspecified atom stereocenters. The molecule has 1 saturated heterocycles. The Morgan fingerprint density at radius 3 is 2.45 bits per heavy atom. The maximum Gasteiger partial charge on any atom is 0.203 e. The topological polar surface area (TPSA) is 186 Å². The van der Waals surface area contributed by atoms with E-state index in [1.54, 1.807) is 0 Å². The lowest BCUT2D eigenvalue weighted by molar-refractivity contribution is -0.192. The Morgan fingerprint density at radius 2 is 1.81 bits per heavy atom. The van der Waals surface area contributed by atoms with Gasteiger partial charge in [0.15, 0.2) is 30.0 Å². The minimum absolute atomic E-state index is 0.153. The van der Waals surface area contributed by atoms with Crippen molar-refractivity contribution < 1.29 is 54.8 Å². The van der Waals surface area contributed by atoms with Crippen LogP contribution in [0.4, 0.5) is 0 Å². The number of Topliss-reactive ketones (excluding diaryl/α,β-unsaturated/α-hetero) is 1. The lowest BCUT2D eigenvalue weighted by atomic mass is 9.92. The molecule has 0 saturated carbocycles. The van der Waals surface area contributed by atoms with E-state index in [0.717, 1.165) is 24.3 Å². The zero-order chi connectivity index (χ0) is 22.5. The van der Waals surface area contributed by atoms with Crippen molar-refractivity contribution in [2.45, 2.75) is 30.2 Å². The molecule has 2 heterocycles. The molecule has 166 valence electrons. The van der Waals surface area contributed by atoms with Gasteiger partial charge in [-0.15, -0.1) is 0 Å². The first-order valence-corrected chi connectivity index (χ1v) is 9.21. The van der Waals surface area contributed by atoms with E-state index in [2.05, 4.69) is 0 Å². The van der Waals surface area contributed by atoms with Gasteiger partial charge in [-0.25, -0.2) is 0 Å². The third-order valence-electron chi connectivity index (χ3n) is 5.29. The fourth-order valence-electron chi connectivity index (χ4n) is 3.55. The fourth-order valence-corrected chi connectivity index (χ4v) is 3.55. The van der Waals surface area contributed by atoms with Crippen LogP contribution in [0.15, 0.2) is 30.3 Å². The summed E-state index contributed by atoms with van der Waals surface area (Å²) in [5.41, 5.74) is -2.10. The second kappa shape index (κ2) is 7.55. The average Bonchev–Trinajstić information content (AvgIpc) is 3.00. The molecule has 2 aromatic carbocycles. The van der Waals surface area contributed by atoms with Crippen LogP contribution in [0.2, 0.25) is 0 Å². The Balaban J connectivity index is 1.75. The summed E-state index contributed by atoms with van der Waals surface area (Å²) in [6.07, 6.45) is -6.02. The number of ketones is 1. The third kappa shape index (κ3) is 3.52. The number of ether oxygens (including phenoxy) is 3. The third-order valence-corrected chi connectivity index (χ3v) is 5.29. The minimum atomic E-state index is -2.00. The zero-order valence-electron chi connectivity index (χ0n) is 15.9. The number of hydrogen-bond acceptors (Lipinski definition) is 11. The number of carbonyl (C=O) groups excluding carboxylic acids is 1. The number of phenolic OH excluding ortho intramolecular Hbond substituents is 4. The van der Waals surface area contributed by atoms with Crippen LogP contribution in [0.3, 0.4) is 0 Å². The van der Waals surface area contributed by atoms with Crippen molar-refractivity contribution in [2.24, 2.45) is 0 Å². The van der Waals surface area contributed by atoms with Gasteiger partial charge in [-0.2, -0.15) is 0 Å². The quantitative estimate of drug-likeness (QED) is 0.311. The molecule has 2 aromatic rings. The summed E-state index contributed by atoms with van der Waals surface area (Å²) in [6.45, 7) is -1.28. The maximum absolute atomic E-state index is 13.2. The summed E-state index contributed by atoms with van der Waals surface area (Å²) in [6, 6.07) is 5.70. The Bertz CT molecular complexity index is 1020. The van der Waals surface area contributed by atoms with Crippen molar-refractivity contribution in [3.63, 3.8) is 0 Å². The molecule has 7 N–H and O–H groups in total. The van der Waals surface area contributed by atoms with Crippen LogP contribution in [-0.2, 0) is 9.47 Å². The van der Waals surface area contributed by atoms with E-state index in [0.29, 0.717) is 0 Å². The number of carbonyl (C=O) groups is 1. The van der Waals surface area contributed by atoms with Gasteiger partial charge >= 0.3 is 0 Å². The number of rotatable bonds is 4. The molecule has 5 atom stereocenters. The maximum atomic E-state index is 13.2. The van der Waals surface area contributed by atoms with Crippen molar-refractivity contribution in [1.82, 2.24) is 0 Å². The molecule has 1 fully saturated rings. The van der Waals surface area contributed by atoms with Gasteiger partial charge in [0.1, 0.15) is 34.5 Å². The molecule has 2 aliphatic heterocycles. The molecular weight excluding hydrogens is 416 g/mol. The van der Waals surface area contributed by atoms with Crippen molar-refractivity contribution in [3.8, 4) is 28.7 Å². The molecule has 0 aromatic heterocycles. The SMILES string of the molecule is O=C1c2c(O)cc(O)cc2O[C@H](c2ccc(O)c(O)c2)[C@H]1O[C@@H]1OC[C@](O)(CO)[C@H]1O. The van der Waals surface area contributed by atoms with Crippen LogP contribution in [0, 0.1) is 0 Å². The van der Waals surface area contributed by atoms with Crippen LogP contribution in [0.25, 0.3) is 0 Å². The van der Waals surface area contributed by atoms with Crippen molar-refractivity contribution in [3.05, 3.63) is 41.5 Å². The van der Waals surface area contributed by atoms with Gasteiger partial charge in [-0.3, -0.25) is 4.79 Å². The van der Waals surface area contributed by atoms with E-state index in [1.165, 1.54) is 6.07 Å². The van der Waals surface area contributed by atoms with Crippen molar-refractivity contribution in [2.75, 3.05) is 13.2 Å². The molecule has 0 spiro atoms. The van der Waals surface area contributed by atoms with Crippen molar-refractivity contribution >= 4 is 5.78 Å². The van der Waals surface area contributed by atoms with Crippen molar-refractivity contribution in [1.29, 1.82) is 0 Å². The second-order valence-corrected chi connectivity index (χ2v) is 7.43. The summed E-state index contributed by atoms with van der Waals surface area (Å²) in [7, 11) is 0. The highest BCUT2D eigenvalue weighted by Gasteiger charge is 2.52. The number of phenols is 4. The number of aliphatic hydroxyl groups excluding tert-OH is 2. The summed E-state index contributed by atoms with van der Waals surface area (Å²) in [4.78, 5) is 13.2. The second-order valence-electron chi connectivity index (χ2n) is 7.43. The number of hydrogen-bond donors (Lipinski definition) is 7. The predicted molar refractivity (Wildman–Crippen MR) is 99.9 cm³/mol. The van der Waals surface area contributed by atoms with Crippen LogP contribution in [0.1, 0.15) is 22.0 Å². The highest BCUT2D eigenvalue weighted by molar-refractivity contribution is 6.05. The van der Waals surface area contributed by atoms with E-state index >= 15 is 0 Å². The number of aliphatic hydroxyl groups is 3. The van der Waals surface area contributed by atoms with Crippen LogP contribution < -0.4 is 4.74 Å². The average molecular weight is 436 g/mol. The smallest absolute Gasteiger partial charge is 0.203 e. The molecule has 11 nitrogen and oxygen atoms in total. The standard InChI is InChI=1S/C20H20O11/c21-6-20(28)7-29-19(18(20)27)31-17-15(26)14-12(25)4-9(22)5-13(14)30-16(17)8-1-2-10(23)11(24)3-8/h1-5,16-19,21-25,27-28H,6-7H2/t16-,17+,18+,19+,20-/m1/s1. The molecule has 0 aliphatic carbocycles. The van der Waals surface area contributed by atoms with Gasteiger partial charge in [-0.05, 0) is 17.7 Å². The van der Waals surface area contributed by atoms with Gasteiger partial charge in [0, 0.05) is 12.1 Å². The van der Waals surface area contributed by atoms with Crippen LogP contribution in [-0.4, -0.2) is 78.8 Å². The lowest BCUT2D eigenvalue weighted by Gasteiger charge is -2.35. The molecule has 31 heavy (non-hydrogen) atoms. The Kier molecular flexibility index (Phi) is 5.15. The van der Waals surface area contributed by atoms with Gasteiger partial charge in [0.05, 0.1) is 13.2 Å². The predicted octanol–water partition coefficient (Wildman–Crippen LogP) is -0.349. The number of fused-ring (bicyclic) bond motifs is 1. The number of aromatic hydroxyl groups is 4. The monoisotopic (exact) mass is 436 g/mol. The molecular formula is C20H20O11.